The van der Waals surface area contributed by atoms with Crippen molar-refractivity contribution in [2.45, 2.75) is 63.8 Å². The molecule has 0 spiro atoms. The Morgan fingerprint density at radius 2 is 2.04 bits per heavy atom. The molecule has 1 aromatic carbocycles. The van der Waals surface area contributed by atoms with Crippen molar-refractivity contribution >= 4 is 27.5 Å². The number of carbonyl (C=O) groups excluding carboxylic acids is 1. The summed E-state index contributed by atoms with van der Waals surface area (Å²) in [5, 5.41) is 4.28. The monoisotopic (exact) mass is 371 g/mol. The highest BCUT2D eigenvalue weighted by atomic mass is 32.1. The lowest BCUT2D eigenvalue weighted by Gasteiger charge is -2.36. The van der Waals surface area contributed by atoms with Crippen molar-refractivity contribution in [1.82, 2.24) is 10.3 Å². The minimum atomic E-state index is 0.0693. The van der Waals surface area contributed by atoms with Gasteiger partial charge in [-0.3, -0.25) is 4.79 Å². The quantitative estimate of drug-likeness (QED) is 0.772. The van der Waals surface area contributed by atoms with Crippen LogP contribution in [0.15, 0.2) is 24.3 Å². The summed E-state index contributed by atoms with van der Waals surface area (Å²) in [5.41, 5.74) is 7.29. The van der Waals surface area contributed by atoms with Crippen molar-refractivity contribution in [3.63, 3.8) is 0 Å². The summed E-state index contributed by atoms with van der Waals surface area (Å²) in [6.07, 6.45) is 9.97. The number of nitrogens with one attached hydrogen (secondary N) is 1. The van der Waals surface area contributed by atoms with Crippen LogP contribution in [-0.4, -0.2) is 23.5 Å². The second kappa shape index (κ2) is 7.65. The van der Waals surface area contributed by atoms with Crippen LogP contribution in [0.25, 0.3) is 10.2 Å². The van der Waals surface area contributed by atoms with Gasteiger partial charge in [0.05, 0.1) is 15.2 Å². The Hall–Kier alpha value is -1.46. The van der Waals surface area contributed by atoms with Crippen molar-refractivity contribution in [2.75, 3.05) is 6.54 Å². The van der Waals surface area contributed by atoms with E-state index < -0.39 is 0 Å². The summed E-state index contributed by atoms with van der Waals surface area (Å²) in [6, 6.07) is 8.45. The van der Waals surface area contributed by atoms with E-state index >= 15 is 0 Å². The minimum absolute atomic E-state index is 0.0693. The SMILES string of the molecule is NC(CNC(=O)CC1(Cc2nc3ccccc3s2)CCCCC1)C1CC1. The number of benzene rings is 1. The topological polar surface area (TPSA) is 68.0 Å². The average molecular weight is 372 g/mol. The first-order valence-corrected chi connectivity index (χ1v) is 10.8. The molecule has 5 heteroatoms. The fraction of sp³-hybridized carbons (Fsp3) is 0.619. The van der Waals surface area contributed by atoms with Crippen molar-refractivity contribution < 1.29 is 4.79 Å². The fourth-order valence-corrected chi connectivity index (χ4v) is 5.50. The molecule has 26 heavy (non-hydrogen) atoms. The van der Waals surface area contributed by atoms with Gasteiger partial charge in [-0.05, 0) is 49.1 Å². The Balaban J connectivity index is 1.43. The molecular formula is C21H29N3OS. The third kappa shape index (κ3) is 4.26. The second-order valence-corrected chi connectivity index (χ2v) is 9.41. The van der Waals surface area contributed by atoms with Gasteiger partial charge in [0.25, 0.3) is 0 Å². The van der Waals surface area contributed by atoms with Crippen LogP contribution in [-0.2, 0) is 11.2 Å². The van der Waals surface area contributed by atoms with Gasteiger partial charge in [0.2, 0.25) is 5.91 Å². The van der Waals surface area contributed by atoms with Crippen LogP contribution in [0, 0.1) is 11.3 Å². The Labute approximate surface area is 159 Å². The second-order valence-electron chi connectivity index (χ2n) is 8.29. The molecule has 0 saturated heterocycles. The molecule has 0 bridgehead atoms. The molecule has 4 rings (SSSR count). The molecule has 2 aliphatic carbocycles. The van der Waals surface area contributed by atoms with Crippen LogP contribution in [0.1, 0.15) is 56.4 Å². The lowest BCUT2D eigenvalue weighted by Crippen LogP contribution is -2.41. The molecule has 2 aliphatic rings. The molecular weight excluding hydrogens is 342 g/mol. The van der Waals surface area contributed by atoms with E-state index in [0.29, 0.717) is 18.9 Å². The number of nitrogens with two attached hydrogens (primary N) is 1. The number of hydrogen-bond acceptors (Lipinski definition) is 4. The van der Waals surface area contributed by atoms with Crippen LogP contribution >= 0.6 is 11.3 Å². The zero-order chi connectivity index (χ0) is 18.0. The summed E-state index contributed by atoms with van der Waals surface area (Å²) in [6.45, 7) is 0.626. The normalized spacial score (nSPS) is 20.8. The molecule has 1 amide bonds. The van der Waals surface area contributed by atoms with Gasteiger partial charge in [-0.2, -0.15) is 0 Å². The molecule has 3 N–H and O–H groups in total. The molecule has 4 nitrogen and oxygen atoms in total. The van der Waals surface area contributed by atoms with Gasteiger partial charge in [-0.25, -0.2) is 4.98 Å². The maximum Gasteiger partial charge on any atom is 0.220 e. The van der Waals surface area contributed by atoms with E-state index in [2.05, 4.69) is 23.5 Å². The van der Waals surface area contributed by atoms with E-state index in [0.717, 1.165) is 24.8 Å². The summed E-state index contributed by atoms with van der Waals surface area (Å²) in [5.74, 6) is 0.797. The number of hydrogen-bond donors (Lipinski definition) is 2. The molecule has 2 aromatic rings. The summed E-state index contributed by atoms with van der Waals surface area (Å²) in [7, 11) is 0. The maximum absolute atomic E-state index is 12.6. The van der Waals surface area contributed by atoms with E-state index in [1.165, 1.54) is 41.8 Å². The van der Waals surface area contributed by atoms with Crippen molar-refractivity contribution in [3.05, 3.63) is 29.3 Å². The number of rotatable bonds is 7. The van der Waals surface area contributed by atoms with Gasteiger partial charge in [0, 0.05) is 25.4 Å². The standard InChI is InChI=1S/C21H29N3OS/c22-16(15-8-9-15)14-23-19(25)12-21(10-4-1-5-11-21)13-20-24-17-6-2-3-7-18(17)26-20/h2-3,6-7,15-16H,1,4-5,8-14,22H2,(H,23,25). The number of fused-ring (bicyclic) bond motifs is 1. The molecule has 1 heterocycles. The third-order valence-corrected chi connectivity index (χ3v) is 7.11. The first-order valence-electron chi connectivity index (χ1n) is 10.0. The molecule has 0 aliphatic heterocycles. The van der Waals surface area contributed by atoms with Gasteiger partial charge >= 0.3 is 0 Å². The molecule has 1 atom stereocenters. The molecule has 2 saturated carbocycles. The molecule has 0 radical (unpaired) electrons. The van der Waals surface area contributed by atoms with Crippen LogP contribution < -0.4 is 11.1 Å². The number of nitrogens with zero attached hydrogens (tertiary/aromatic N) is 1. The van der Waals surface area contributed by atoms with Crippen molar-refractivity contribution in [1.29, 1.82) is 0 Å². The highest BCUT2D eigenvalue weighted by Crippen LogP contribution is 2.43. The predicted molar refractivity (Wildman–Crippen MR) is 107 cm³/mol. The number of amides is 1. The maximum atomic E-state index is 12.6. The summed E-state index contributed by atoms with van der Waals surface area (Å²) < 4.78 is 1.24. The van der Waals surface area contributed by atoms with Gasteiger partial charge < -0.3 is 11.1 Å². The van der Waals surface area contributed by atoms with Crippen LogP contribution in [0.5, 0.6) is 0 Å². The zero-order valence-corrected chi connectivity index (χ0v) is 16.2. The number of thiazole rings is 1. The van der Waals surface area contributed by atoms with Crippen LogP contribution in [0.3, 0.4) is 0 Å². The van der Waals surface area contributed by atoms with Crippen molar-refractivity contribution in [3.8, 4) is 0 Å². The van der Waals surface area contributed by atoms with Gasteiger partial charge in [-0.15, -0.1) is 11.3 Å². The summed E-state index contributed by atoms with van der Waals surface area (Å²) in [4.78, 5) is 17.5. The highest BCUT2D eigenvalue weighted by Gasteiger charge is 2.36. The fourth-order valence-electron chi connectivity index (χ4n) is 4.36. The first kappa shape index (κ1) is 17.9. The van der Waals surface area contributed by atoms with Gasteiger partial charge in [0.15, 0.2) is 0 Å². The first-order chi connectivity index (χ1) is 12.6. The smallest absolute Gasteiger partial charge is 0.220 e. The number of aromatic nitrogens is 1. The van der Waals surface area contributed by atoms with Crippen molar-refractivity contribution in [2.24, 2.45) is 17.1 Å². The Morgan fingerprint density at radius 3 is 2.77 bits per heavy atom. The molecule has 1 unspecified atom stereocenters. The van der Waals surface area contributed by atoms with E-state index in [1.807, 2.05) is 6.07 Å². The van der Waals surface area contributed by atoms with E-state index in [-0.39, 0.29) is 17.4 Å². The largest absolute Gasteiger partial charge is 0.355 e. The van der Waals surface area contributed by atoms with Gasteiger partial charge in [-0.1, -0.05) is 31.4 Å². The van der Waals surface area contributed by atoms with E-state index in [1.54, 1.807) is 11.3 Å². The Morgan fingerprint density at radius 1 is 1.27 bits per heavy atom. The molecule has 2 fully saturated rings. The Bertz CT molecular complexity index is 728. The van der Waals surface area contributed by atoms with Crippen LogP contribution in [0.4, 0.5) is 0 Å². The Kier molecular flexibility index (Phi) is 5.28. The summed E-state index contributed by atoms with van der Waals surface area (Å²) >= 11 is 1.78. The van der Waals surface area contributed by atoms with E-state index in [9.17, 15) is 4.79 Å². The lowest BCUT2D eigenvalue weighted by molar-refractivity contribution is -0.124. The number of carbonyl (C=O) groups is 1. The van der Waals surface area contributed by atoms with Gasteiger partial charge in [0.1, 0.15) is 0 Å². The molecule has 1 aromatic heterocycles. The average Bonchev–Trinajstić information content (AvgIpc) is 3.40. The minimum Gasteiger partial charge on any atom is -0.355 e. The highest BCUT2D eigenvalue weighted by molar-refractivity contribution is 7.18. The zero-order valence-electron chi connectivity index (χ0n) is 15.4. The predicted octanol–water partition coefficient (Wildman–Crippen LogP) is 4.03. The number of para-hydroxylation sites is 1. The lowest BCUT2D eigenvalue weighted by atomic mass is 9.69. The third-order valence-electron chi connectivity index (χ3n) is 6.08. The molecule has 140 valence electrons. The van der Waals surface area contributed by atoms with Crippen LogP contribution in [0.2, 0.25) is 0 Å². The van der Waals surface area contributed by atoms with E-state index in [4.69, 9.17) is 10.7 Å².